The Morgan fingerprint density at radius 3 is 2.13 bits per heavy atom. The van der Waals surface area contributed by atoms with E-state index in [1.54, 1.807) is 0 Å². The third kappa shape index (κ3) is 2.04. The Bertz CT molecular complexity index is 249. The van der Waals surface area contributed by atoms with E-state index in [0.717, 1.165) is 19.4 Å². The summed E-state index contributed by atoms with van der Waals surface area (Å²) in [5.74, 6) is -0.442. The summed E-state index contributed by atoms with van der Waals surface area (Å²) in [5, 5.41) is 0. The summed E-state index contributed by atoms with van der Waals surface area (Å²) >= 11 is 0. The van der Waals surface area contributed by atoms with E-state index in [2.05, 4.69) is 0 Å². The molecule has 0 aromatic rings. The first-order valence-electron chi connectivity index (χ1n) is 5.73. The monoisotopic (exact) mass is 214 g/mol. The van der Waals surface area contributed by atoms with E-state index in [-0.39, 0.29) is 12.2 Å². The van der Waals surface area contributed by atoms with Gasteiger partial charge in [0.2, 0.25) is 0 Å². The van der Waals surface area contributed by atoms with Gasteiger partial charge in [-0.1, -0.05) is 0 Å². The molecule has 4 heteroatoms. The minimum absolute atomic E-state index is 0.101. The quantitative estimate of drug-likeness (QED) is 0.645. The van der Waals surface area contributed by atoms with Crippen LogP contribution in [0.5, 0.6) is 0 Å². The Balaban J connectivity index is 1.56. The van der Waals surface area contributed by atoms with Gasteiger partial charge < -0.3 is 18.9 Å². The van der Waals surface area contributed by atoms with Crippen LogP contribution in [0, 0.1) is 0 Å². The number of rotatable bonds is 2. The zero-order valence-electron chi connectivity index (χ0n) is 9.27. The van der Waals surface area contributed by atoms with Crippen LogP contribution >= 0.6 is 0 Å². The van der Waals surface area contributed by atoms with Crippen LogP contribution < -0.4 is 0 Å². The Hall–Kier alpha value is -0.160. The van der Waals surface area contributed by atoms with E-state index in [9.17, 15) is 0 Å². The molecule has 0 N–H and O–H groups in total. The van der Waals surface area contributed by atoms with Crippen LogP contribution in [0.25, 0.3) is 0 Å². The van der Waals surface area contributed by atoms with Crippen molar-refractivity contribution in [3.8, 4) is 0 Å². The largest absolute Gasteiger partial charge is 0.370 e. The number of hydrogen-bond donors (Lipinski definition) is 0. The predicted molar refractivity (Wildman–Crippen MR) is 52.5 cm³/mol. The Morgan fingerprint density at radius 1 is 0.933 bits per heavy atom. The van der Waals surface area contributed by atoms with Crippen molar-refractivity contribution in [3.05, 3.63) is 0 Å². The molecule has 0 aromatic heterocycles. The lowest BCUT2D eigenvalue weighted by Gasteiger charge is -2.21. The fraction of sp³-hybridized carbons (Fsp3) is 1.00. The second-order valence-corrected chi connectivity index (χ2v) is 5.03. The maximum Gasteiger partial charge on any atom is 0.163 e. The molecule has 3 heterocycles. The van der Waals surface area contributed by atoms with Crippen LogP contribution in [0.1, 0.15) is 26.7 Å². The van der Waals surface area contributed by atoms with Crippen LogP contribution in [0.4, 0.5) is 0 Å². The molecular formula is C11H18O4. The third-order valence-corrected chi connectivity index (χ3v) is 3.30. The Morgan fingerprint density at radius 2 is 1.60 bits per heavy atom. The topological polar surface area (TPSA) is 40.2 Å². The molecule has 0 spiro atoms. The van der Waals surface area contributed by atoms with Gasteiger partial charge in [0.1, 0.15) is 12.2 Å². The van der Waals surface area contributed by atoms with Crippen molar-refractivity contribution in [3.63, 3.8) is 0 Å². The third-order valence-electron chi connectivity index (χ3n) is 3.30. The molecule has 3 aliphatic heterocycles. The van der Waals surface area contributed by atoms with E-state index in [1.807, 2.05) is 13.8 Å². The highest BCUT2D eigenvalue weighted by molar-refractivity contribution is 4.90. The lowest BCUT2D eigenvalue weighted by atomic mass is 10.1. The minimum Gasteiger partial charge on any atom is -0.370 e. The van der Waals surface area contributed by atoms with Gasteiger partial charge in [-0.3, -0.25) is 0 Å². The van der Waals surface area contributed by atoms with E-state index >= 15 is 0 Å². The summed E-state index contributed by atoms with van der Waals surface area (Å²) in [6, 6.07) is 0. The summed E-state index contributed by atoms with van der Waals surface area (Å²) in [4.78, 5) is 0. The van der Waals surface area contributed by atoms with Crippen LogP contribution in [-0.2, 0) is 18.9 Å². The molecule has 3 saturated heterocycles. The van der Waals surface area contributed by atoms with Crippen LogP contribution in [-0.4, -0.2) is 43.4 Å². The average molecular weight is 214 g/mol. The summed E-state index contributed by atoms with van der Waals surface area (Å²) < 4.78 is 22.5. The van der Waals surface area contributed by atoms with Gasteiger partial charge in [-0.25, -0.2) is 0 Å². The zero-order valence-corrected chi connectivity index (χ0v) is 9.27. The second kappa shape index (κ2) is 3.42. The van der Waals surface area contributed by atoms with Crippen molar-refractivity contribution in [1.82, 2.24) is 0 Å². The minimum atomic E-state index is -0.442. The van der Waals surface area contributed by atoms with Gasteiger partial charge in [0.15, 0.2) is 5.79 Å². The van der Waals surface area contributed by atoms with Gasteiger partial charge in [0, 0.05) is 0 Å². The zero-order chi connectivity index (χ0) is 10.5. The van der Waals surface area contributed by atoms with Gasteiger partial charge in [-0.15, -0.1) is 0 Å². The van der Waals surface area contributed by atoms with Crippen LogP contribution in [0.15, 0.2) is 0 Å². The first kappa shape index (κ1) is 10.0. The second-order valence-electron chi connectivity index (χ2n) is 5.03. The predicted octanol–water partition coefficient (Wildman–Crippen LogP) is 1.08. The van der Waals surface area contributed by atoms with Gasteiger partial charge in [-0.05, 0) is 26.7 Å². The Kier molecular flexibility index (Phi) is 2.28. The lowest BCUT2D eigenvalue weighted by molar-refractivity contribution is -0.155. The van der Waals surface area contributed by atoms with Crippen molar-refractivity contribution < 1.29 is 18.9 Å². The highest BCUT2D eigenvalue weighted by Crippen LogP contribution is 2.35. The molecular weight excluding hydrogens is 196 g/mol. The summed E-state index contributed by atoms with van der Waals surface area (Å²) in [6.45, 7) is 5.41. The maximum atomic E-state index is 5.93. The molecule has 86 valence electrons. The lowest BCUT2D eigenvalue weighted by Crippen LogP contribution is -2.31. The van der Waals surface area contributed by atoms with Crippen LogP contribution in [0.3, 0.4) is 0 Å². The van der Waals surface area contributed by atoms with E-state index in [1.165, 1.54) is 0 Å². The number of hydrogen-bond acceptors (Lipinski definition) is 4. The van der Waals surface area contributed by atoms with Crippen molar-refractivity contribution in [2.45, 2.75) is 56.9 Å². The average Bonchev–Trinajstić information content (AvgIpc) is 2.79. The summed E-state index contributed by atoms with van der Waals surface area (Å²) in [7, 11) is 0. The highest BCUT2D eigenvalue weighted by Gasteiger charge is 2.45. The van der Waals surface area contributed by atoms with E-state index < -0.39 is 5.79 Å². The van der Waals surface area contributed by atoms with E-state index in [0.29, 0.717) is 18.8 Å². The summed E-state index contributed by atoms with van der Waals surface area (Å²) in [5.41, 5.74) is 0. The molecule has 0 saturated carbocycles. The van der Waals surface area contributed by atoms with Gasteiger partial charge in [0.25, 0.3) is 0 Å². The standard InChI is InChI=1S/C11H18O4/c1-11(2)13-6-10(15-11)8-4-3-7(14-8)9-5-12-9/h7-10H,3-6H2,1-2H3/t7-,8-,9-,10+/m1/s1. The van der Waals surface area contributed by atoms with E-state index in [4.69, 9.17) is 18.9 Å². The highest BCUT2D eigenvalue weighted by atomic mass is 16.8. The molecule has 0 aliphatic carbocycles. The van der Waals surface area contributed by atoms with Crippen LogP contribution in [0.2, 0.25) is 0 Å². The van der Waals surface area contributed by atoms with Gasteiger partial charge in [0.05, 0.1) is 25.4 Å². The normalized spacial score (nSPS) is 48.4. The molecule has 0 radical (unpaired) electrons. The smallest absolute Gasteiger partial charge is 0.163 e. The molecule has 15 heavy (non-hydrogen) atoms. The molecule has 0 amide bonds. The van der Waals surface area contributed by atoms with Crippen molar-refractivity contribution >= 4 is 0 Å². The molecule has 0 aromatic carbocycles. The van der Waals surface area contributed by atoms with Crippen molar-refractivity contribution in [1.29, 1.82) is 0 Å². The SMILES string of the molecule is CC1(C)OC[C@@H]([C@H]2CC[C@H]([C@H]3CO3)O2)O1. The number of epoxide rings is 1. The molecule has 3 aliphatic rings. The fourth-order valence-electron chi connectivity index (χ4n) is 2.41. The number of ether oxygens (including phenoxy) is 4. The first-order chi connectivity index (χ1) is 7.14. The molecule has 0 unspecified atom stereocenters. The van der Waals surface area contributed by atoms with Crippen molar-refractivity contribution in [2.24, 2.45) is 0 Å². The fourth-order valence-corrected chi connectivity index (χ4v) is 2.41. The van der Waals surface area contributed by atoms with Crippen molar-refractivity contribution in [2.75, 3.05) is 13.2 Å². The summed E-state index contributed by atoms with van der Waals surface area (Å²) in [6.07, 6.45) is 3.10. The van der Waals surface area contributed by atoms with Gasteiger partial charge in [-0.2, -0.15) is 0 Å². The molecule has 4 nitrogen and oxygen atoms in total. The molecule has 3 fully saturated rings. The molecule has 3 rings (SSSR count). The van der Waals surface area contributed by atoms with Gasteiger partial charge >= 0.3 is 0 Å². The first-order valence-corrected chi connectivity index (χ1v) is 5.73. The molecule has 0 bridgehead atoms. The molecule has 4 atom stereocenters. The maximum absolute atomic E-state index is 5.93. The Labute approximate surface area is 89.8 Å².